The lowest BCUT2D eigenvalue weighted by Crippen LogP contribution is -2.48. The number of amides is 2. The molecule has 1 aromatic carbocycles. The SMILES string of the molecule is O=C(Nc1ccc(OC[C@@H](O)CO)cn1)N1c2nc(-c3cccc(C(F)(F)F)c3)c(Cl)cc2N2CC[C@H]1C2. The van der Waals surface area contributed by atoms with Gasteiger partial charge in [0, 0.05) is 18.7 Å². The van der Waals surface area contributed by atoms with E-state index in [4.69, 9.17) is 21.4 Å². The van der Waals surface area contributed by atoms with Crippen molar-refractivity contribution in [2.75, 3.05) is 41.4 Å². The van der Waals surface area contributed by atoms with Crippen molar-refractivity contribution in [3.8, 4) is 17.0 Å². The molecule has 0 unspecified atom stereocenters. The van der Waals surface area contributed by atoms with Gasteiger partial charge in [-0.25, -0.2) is 14.8 Å². The van der Waals surface area contributed by atoms with Crippen molar-refractivity contribution in [2.45, 2.75) is 24.7 Å². The maximum atomic E-state index is 13.4. The predicted octanol–water partition coefficient (Wildman–Crippen LogP) is 4.18. The van der Waals surface area contributed by atoms with Crippen molar-refractivity contribution in [3.05, 3.63) is 59.2 Å². The van der Waals surface area contributed by atoms with Crippen molar-refractivity contribution in [1.29, 1.82) is 0 Å². The molecule has 4 heterocycles. The number of pyridine rings is 2. The van der Waals surface area contributed by atoms with Crippen LogP contribution in [0.2, 0.25) is 5.02 Å². The van der Waals surface area contributed by atoms with E-state index in [0.717, 1.165) is 12.1 Å². The molecule has 2 aliphatic heterocycles. The number of carbonyl (C=O) groups is 1. The lowest BCUT2D eigenvalue weighted by molar-refractivity contribution is -0.137. The van der Waals surface area contributed by atoms with Gasteiger partial charge in [0.15, 0.2) is 5.82 Å². The number of aliphatic hydroxyl groups excluding tert-OH is 2. The third-order valence-corrected chi connectivity index (χ3v) is 6.63. The topological polar surface area (TPSA) is 111 Å². The molecular weight excluding hydrogens is 527 g/mol. The number of urea groups is 1. The second-order valence-electron chi connectivity index (χ2n) is 8.96. The smallest absolute Gasteiger partial charge is 0.416 e. The van der Waals surface area contributed by atoms with Crippen LogP contribution in [-0.4, -0.2) is 64.7 Å². The maximum absolute atomic E-state index is 13.4. The Bertz CT molecular complexity index is 1340. The highest BCUT2D eigenvalue weighted by molar-refractivity contribution is 6.33. The number of nitrogens with one attached hydrogen (secondary N) is 1. The van der Waals surface area contributed by atoms with Gasteiger partial charge in [-0.05, 0) is 36.8 Å². The molecule has 3 N–H and O–H groups in total. The van der Waals surface area contributed by atoms with Gasteiger partial charge in [-0.2, -0.15) is 13.2 Å². The van der Waals surface area contributed by atoms with E-state index in [-0.39, 0.29) is 34.7 Å². The van der Waals surface area contributed by atoms with Crippen molar-refractivity contribution in [2.24, 2.45) is 0 Å². The number of carbonyl (C=O) groups excluding carboxylic acids is 1. The number of aromatic nitrogens is 2. The molecule has 0 spiro atoms. The highest BCUT2D eigenvalue weighted by Gasteiger charge is 2.41. The summed E-state index contributed by atoms with van der Waals surface area (Å²) in [6.45, 7) is 0.683. The molecule has 0 radical (unpaired) electrons. The van der Waals surface area contributed by atoms with Crippen molar-refractivity contribution < 1.29 is 32.9 Å². The van der Waals surface area contributed by atoms with Gasteiger partial charge in [0.2, 0.25) is 0 Å². The molecule has 2 atom stereocenters. The van der Waals surface area contributed by atoms with Crippen LogP contribution in [0.3, 0.4) is 0 Å². The number of nitrogens with zero attached hydrogens (tertiary/aromatic N) is 4. The van der Waals surface area contributed by atoms with Gasteiger partial charge in [0.05, 0.1) is 40.8 Å². The fourth-order valence-corrected chi connectivity index (χ4v) is 4.74. The first kappa shape index (κ1) is 26.0. The predicted molar refractivity (Wildman–Crippen MR) is 135 cm³/mol. The number of benzene rings is 1. The van der Waals surface area contributed by atoms with E-state index in [1.165, 1.54) is 29.3 Å². The van der Waals surface area contributed by atoms with Crippen LogP contribution >= 0.6 is 11.6 Å². The first-order chi connectivity index (χ1) is 18.1. The van der Waals surface area contributed by atoms with E-state index in [1.807, 2.05) is 4.90 Å². The third kappa shape index (κ3) is 5.19. The Kier molecular flexibility index (Phi) is 7.03. The summed E-state index contributed by atoms with van der Waals surface area (Å²) >= 11 is 6.48. The van der Waals surface area contributed by atoms with Crippen LogP contribution in [0, 0.1) is 0 Å². The summed E-state index contributed by atoms with van der Waals surface area (Å²) < 4.78 is 45.2. The standard InChI is InChI=1S/C25H23ClF3N5O4/c26-19-9-20-23(32-22(19)14-2-1-3-15(8-14)25(27,28)29)34(16-6-7-33(20)11-16)24(37)31-21-5-4-18(10-30-21)38-13-17(36)12-35/h1-5,8-10,16-17,35-36H,6-7,11-13H2,(H,30,31,37)/t16-,17-/m0/s1. The lowest BCUT2D eigenvalue weighted by Gasteiger charge is -2.36. The van der Waals surface area contributed by atoms with Crippen LogP contribution in [0.5, 0.6) is 5.75 Å². The average molecular weight is 550 g/mol. The molecule has 5 rings (SSSR count). The summed E-state index contributed by atoms with van der Waals surface area (Å²) in [6, 6.07) is 8.74. The monoisotopic (exact) mass is 549 g/mol. The number of ether oxygens (including phenoxy) is 1. The van der Waals surface area contributed by atoms with Gasteiger partial charge in [-0.3, -0.25) is 10.2 Å². The summed E-state index contributed by atoms with van der Waals surface area (Å²) in [5.74, 6) is 0.873. The number of aliphatic hydroxyl groups is 2. The minimum absolute atomic E-state index is 0.116. The van der Waals surface area contributed by atoms with Gasteiger partial charge in [0.1, 0.15) is 24.3 Å². The van der Waals surface area contributed by atoms with Crippen LogP contribution in [0.15, 0.2) is 48.7 Å². The Labute approximate surface area is 220 Å². The summed E-state index contributed by atoms with van der Waals surface area (Å²) in [4.78, 5) is 25.7. The zero-order chi connectivity index (χ0) is 27.0. The molecule has 2 amide bonds. The van der Waals surface area contributed by atoms with Crippen LogP contribution in [0.25, 0.3) is 11.3 Å². The normalized spacial score (nSPS) is 17.3. The van der Waals surface area contributed by atoms with E-state index < -0.39 is 30.5 Å². The minimum Gasteiger partial charge on any atom is -0.489 e. The fraction of sp³-hybridized carbons (Fsp3) is 0.320. The molecule has 0 saturated carbocycles. The molecule has 200 valence electrons. The number of halogens is 4. The molecule has 0 aliphatic carbocycles. The highest BCUT2D eigenvalue weighted by Crippen LogP contribution is 2.43. The molecule has 1 saturated heterocycles. The number of alkyl halides is 3. The van der Waals surface area contributed by atoms with Crippen LogP contribution in [0.4, 0.5) is 35.3 Å². The maximum Gasteiger partial charge on any atom is 0.416 e. The molecule has 1 fully saturated rings. The van der Waals surface area contributed by atoms with Crippen LogP contribution in [0.1, 0.15) is 12.0 Å². The zero-order valence-electron chi connectivity index (χ0n) is 19.8. The summed E-state index contributed by atoms with van der Waals surface area (Å²) in [5, 5.41) is 21.2. The van der Waals surface area contributed by atoms with Crippen LogP contribution in [-0.2, 0) is 6.18 Å². The molecule has 13 heteroatoms. The summed E-state index contributed by atoms with van der Waals surface area (Å²) in [6.07, 6.45) is -3.51. The summed E-state index contributed by atoms with van der Waals surface area (Å²) in [7, 11) is 0. The largest absolute Gasteiger partial charge is 0.489 e. The number of hydrogen-bond donors (Lipinski definition) is 3. The highest BCUT2D eigenvalue weighted by atomic mass is 35.5. The molecule has 3 aromatic rings. The van der Waals surface area contributed by atoms with Crippen molar-refractivity contribution >= 4 is 35.0 Å². The van der Waals surface area contributed by atoms with E-state index >= 15 is 0 Å². The number of anilines is 3. The number of hydrogen-bond acceptors (Lipinski definition) is 7. The van der Waals surface area contributed by atoms with E-state index in [2.05, 4.69) is 15.3 Å². The molecule has 2 bridgehead atoms. The first-order valence-corrected chi connectivity index (χ1v) is 12.1. The van der Waals surface area contributed by atoms with Gasteiger partial charge in [-0.15, -0.1) is 0 Å². The van der Waals surface area contributed by atoms with Gasteiger partial charge < -0.3 is 19.8 Å². The summed E-state index contributed by atoms with van der Waals surface area (Å²) in [5.41, 5.74) is 0.119. The zero-order valence-corrected chi connectivity index (χ0v) is 20.6. The first-order valence-electron chi connectivity index (χ1n) is 11.7. The molecular formula is C25H23ClF3N5O4. The van der Waals surface area contributed by atoms with Gasteiger partial charge in [0.25, 0.3) is 0 Å². The van der Waals surface area contributed by atoms with E-state index in [1.54, 1.807) is 12.1 Å². The molecule has 2 aromatic heterocycles. The Morgan fingerprint density at radius 3 is 2.79 bits per heavy atom. The second-order valence-corrected chi connectivity index (χ2v) is 9.36. The second kappa shape index (κ2) is 10.3. The Morgan fingerprint density at radius 1 is 1.26 bits per heavy atom. The van der Waals surface area contributed by atoms with Crippen molar-refractivity contribution in [1.82, 2.24) is 9.97 Å². The Balaban J connectivity index is 1.43. The average Bonchev–Trinajstić information content (AvgIpc) is 3.32. The molecule has 9 nitrogen and oxygen atoms in total. The van der Waals surface area contributed by atoms with E-state index in [9.17, 15) is 23.1 Å². The van der Waals surface area contributed by atoms with Gasteiger partial charge >= 0.3 is 12.2 Å². The van der Waals surface area contributed by atoms with Crippen molar-refractivity contribution in [3.63, 3.8) is 0 Å². The Hall–Kier alpha value is -3.61. The minimum atomic E-state index is -4.53. The van der Waals surface area contributed by atoms with E-state index in [0.29, 0.717) is 36.8 Å². The molecule has 38 heavy (non-hydrogen) atoms. The fourth-order valence-electron chi connectivity index (χ4n) is 4.49. The Morgan fingerprint density at radius 2 is 2.08 bits per heavy atom. The number of rotatable bonds is 6. The van der Waals surface area contributed by atoms with Crippen LogP contribution < -0.4 is 19.9 Å². The van der Waals surface area contributed by atoms with Gasteiger partial charge in [-0.1, -0.05) is 23.7 Å². The third-order valence-electron chi connectivity index (χ3n) is 6.34. The molecule has 2 aliphatic rings. The number of fused-ring (bicyclic) bond motifs is 4. The quantitative estimate of drug-likeness (QED) is 0.423. The lowest BCUT2D eigenvalue weighted by atomic mass is 10.1.